The molecule has 0 rings (SSSR count). The van der Waals surface area contributed by atoms with Gasteiger partial charge in [0.15, 0.2) is 0 Å². The summed E-state index contributed by atoms with van der Waals surface area (Å²) in [7, 11) is 0. The maximum absolute atomic E-state index is 2.43. The van der Waals surface area contributed by atoms with E-state index in [1.807, 2.05) is 0 Å². The number of rotatable bonds is 7. The van der Waals surface area contributed by atoms with E-state index in [-0.39, 0.29) is 0 Å². The summed E-state index contributed by atoms with van der Waals surface area (Å²) in [6.07, 6.45) is 6.91. The lowest BCUT2D eigenvalue weighted by Gasteiger charge is -2.26. The molecule has 0 aliphatic carbocycles. The largest absolute Gasteiger partial charge is 0.0651 e. The van der Waals surface area contributed by atoms with E-state index in [2.05, 4.69) is 41.5 Å². The van der Waals surface area contributed by atoms with Crippen molar-refractivity contribution in [3.63, 3.8) is 0 Å². The lowest BCUT2D eigenvalue weighted by Crippen LogP contribution is -2.13. The van der Waals surface area contributed by atoms with Crippen molar-refractivity contribution in [1.82, 2.24) is 0 Å². The number of hydrogen-bond donors (Lipinski definition) is 0. The predicted octanol–water partition coefficient (Wildman–Crippen LogP) is 5.28. The van der Waals surface area contributed by atoms with Crippen molar-refractivity contribution < 1.29 is 0 Å². The van der Waals surface area contributed by atoms with Crippen molar-refractivity contribution in [2.45, 2.75) is 73.6 Å². The van der Waals surface area contributed by atoms with Gasteiger partial charge in [0.1, 0.15) is 0 Å². The van der Waals surface area contributed by atoms with Gasteiger partial charge in [0.2, 0.25) is 0 Å². The van der Waals surface area contributed by atoms with Crippen LogP contribution in [0.15, 0.2) is 0 Å². The van der Waals surface area contributed by atoms with Crippen LogP contribution in [0.5, 0.6) is 0 Å². The molecule has 0 bridgehead atoms. The standard InChI is InChI=1S/C14H30/c1-7-13(4)9-11-14(5,6)10-8-12(2)3/h12-13H,7-11H2,1-6H3. The molecule has 0 aromatic carbocycles. The van der Waals surface area contributed by atoms with E-state index in [9.17, 15) is 0 Å². The van der Waals surface area contributed by atoms with Gasteiger partial charge >= 0.3 is 0 Å². The van der Waals surface area contributed by atoms with Crippen LogP contribution in [0, 0.1) is 17.3 Å². The van der Waals surface area contributed by atoms with Crippen molar-refractivity contribution in [2.75, 3.05) is 0 Å². The molecule has 0 aliphatic rings. The third-order valence-corrected chi connectivity index (χ3v) is 3.41. The topological polar surface area (TPSA) is 0 Å². The molecule has 14 heavy (non-hydrogen) atoms. The minimum Gasteiger partial charge on any atom is -0.0651 e. The van der Waals surface area contributed by atoms with Crippen molar-refractivity contribution in [3.8, 4) is 0 Å². The zero-order valence-corrected chi connectivity index (χ0v) is 11.2. The molecule has 0 heteroatoms. The van der Waals surface area contributed by atoms with Crippen LogP contribution in [-0.2, 0) is 0 Å². The Morgan fingerprint density at radius 1 is 0.929 bits per heavy atom. The van der Waals surface area contributed by atoms with Gasteiger partial charge in [0.05, 0.1) is 0 Å². The van der Waals surface area contributed by atoms with Crippen LogP contribution in [-0.4, -0.2) is 0 Å². The third-order valence-electron chi connectivity index (χ3n) is 3.41. The van der Waals surface area contributed by atoms with Gasteiger partial charge in [-0.15, -0.1) is 0 Å². The maximum Gasteiger partial charge on any atom is -0.0354 e. The molecule has 0 nitrogen and oxygen atoms in total. The Bertz CT molecular complexity index is 133. The van der Waals surface area contributed by atoms with E-state index in [0.717, 1.165) is 11.8 Å². The van der Waals surface area contributed by atoms with Gasteiger partial charge in [-0.2, -0.15) is 0 Å². The highest BCUT2D eigenvalue weighted by Gasteiger charge is 2.18. The quantitative estimate of drug-likeness (QED) is 0.522. The van der Waals surface area contributed by atoms with Gasteiger partial charge < -0.3 is 0 Å². The summed E-state index contributed by atoms with van der Waals surface area (Å²) in [5, 5.41) is 0. The summed E-state index contributed by atoms with van der Waals surface area (Å²) in [6.45, 7) is 14.2. The first-order valence-corrected chi connectivity index (χ1v) is 6.37. The fourth-order valence-corrected chi connectivity index (χ4v) is 1.65. The van der Waals surface area contributed by atoms with Crippen molar-refractivity contribution in [3.05, 3.63) is 0 Å². The summed E-state index contributed by atoms with van der Waals surface area (Å²) in [4.78, 5) is 0. The van der Waals surface area contributed by atoms with Gasteiger partial charge in [0, 0.05) is 0 Å². The zero-order valence-electron chi connectivity index (χ0n) is 11.2. The highest BCUT2D eigenvalue weighted by atomic mass is 14.2. The first kappa shape index (κ1) is 14.0. The molecule has 0 aliphatic heterocycles. The second-order valence-corrected chi connectivity index (χ2v) is 6.15. The molecule has 86 valence electrons. The minimum atomic E-state index is 0.563. The average molecular weight is 198 g/mol. The molecular weight excluding hydrogens is 168 g/mol. The molecule has 0 radical (unpaired) electrons. The Labute approximate surface area is 91.5 Å². The van der Waals surface area contributed by atoms with Crippen LogP contribution in [0.1, 0.15) is 73.6 Å². The smallest absolute Gasteiger partial charge is 0.0354 e. The van der Waals surface area contributed by atoms with Gasteiger partial charge in [-0.05, 0) is 30.1 Å². The fraction of sp³-hybridized carbons (Fsp3) is 1.00. The fourth-order valence-electron chi connectivity index (χ4n) is 1.65. The molecule has 0 heterocycles. The van der Waals surface area contributed by atoms with Crippen molar-refractivity contribution in [1.29, 1.82) is 0 Å². The van der Waals surface area contributed by atoms with Crippen molar-refractivity contribution >= 4 is 0 Å². The van der Waals surface area contributed by atoms with Crippen LogP contribution in [0.3, 0.4) is 0 Å². The Morgan fingerprint density at radius 3 is 1.86 bits per heavy atom. The van der Waals surface area contributed by atoms with Crippen LogP contribution in [0.4, 0.5) is 0 Å². The molecule has 0 amide bonds. The first-order chi connectivity index (χ1) is 6.37. The molecule has 0 aromatic rings. The zero-order chi connectivity index (χ0) is 11.2. The lowest BCUT2D eigenvalue weighted by atomic mass is 9.79. The molecule has 1 unspecified atom stereocenters. The van der Waals surface area contributed by atoms with Crippen LogP contribution in [0.2, 0.25) is 0 Å². The Balaban J connectivity index is 3.71. The van der Waals surface area contributed by atoms with E-state index in [1.165, 1.54) is 32.1 Å². The van der Waals surface area contributed by atoms with E-state index >= 15 is 0 Å². The molecule has 0 N–H and O–H groups in total. The highest BCUT2D eigenvalue weighted by Crippen LogP contribution is 2.31. The maximum atomic E-state index is 2.43. The second-order valence-electron chi connectivity index (χ2n) is 6.15. The van der Waals surface area contributed by atoms with Gasteiger partial charge in [-0.25, -0.2) is 0 Å². The third kappa shape index (κ3) is 7.41. The molecule has 1 atom stereocenters. The summed E-state index contributed by atoms with van der Waals surface area (Å²) < 4.78 is 0. The molecule has 0 saturated carbocycles. The van der Waals surface area contributed by atoms with Crippen LogP contribution >= 0.6 is 0 Å². The molecule has 0 aromatic heterocycles. The minimum absolute atomic E-state index is 0.563. The molecule has 0 spiro atoms. The van der Waals surface area contributed by atoms with Gasteiger partial charge in [-0.3, -0.25) is 0 Å². The lowest BCUT2D eigenvalue weighted by molar-refractivity contribution is 0.256. The summed E-state index contributed by atoms with van der Waals surface area (Å²) in [5.41, 5.74) is 0.563. The first-order valence-electron chi connectivity index (χ1n) is 6.37. The SMILES string of the molecule is CCC(C)CCC(C)(C)CCC(C)C. The average Bonchev–Trinajstić information content (AvgIpc) is 2.11. The molecular formula is C14H30. The van der Waals surface area contributed by atoms with Crippen LogP contribution < -0.4 is 0 Å². The number of hydrogen-bond acceptors (Lipinski definition) is 0. The van der Waals surface area contributed by atoms with Gasteiger partial charge in [0.25, 0.3) is 0 Å². The van der Waals surface area contributed by atoms with Gasteiger partial charge in [-0.1, -0.05) is 60.8 Å². The van der Waals surface area contributed by atoms with E-state index in [1.54, 1.807) is 0 Å². The predicted molar refractivity (Wildman–Crippen MR) is 66.5 cm³/mol. The summed E-state index contributed by atoms with van der Waals surface area (Å²) in [5.74, 6) is 1.77. The normalized spacial score (nSPS) is 14.8. The highest BCUT2D eigenvalue weighted by molar-refractivity contribution is 4.70. The monoisotopic (exact) mass is 198 g/mol. The second kappa shape index (κ2) is 6.48. The van der Waals surface area contributed by atoms with E-state index < -0.39 is 0 Å². The van der Waals surface area contributed by atoms with Crippen molar-refractivity contribution in [2.24, 2.45) is 17.3 Å². The summed E-state index contributed by atoms with van der Waals surface area (Å²) in [6, 6.07) is 0. The van der Waals surface area contributed by atoms with E-state index in [0.29, 0.717) is 5.41 Å². The Morgan fingerprint density at radius 2 is 1.43 bits per heavy atom. The molecule has 0 saturated heterocycles. The molecule has 0 fully saturated rings. The Kier molecular flexibility index (Phi) is 6.48. The van der Waals surface area contributed by atoms with E-state index in [4.69, 9.17) is 0 Å². The Hall–Kier alpha value is 0. The summed E-state index contributed by atoms with van der Waals surface area (Å²) >= 11 is 0. The van der Waals surface area contributed by atoms with Crippen LogP contribution in [0.25, 0.3) is 0 Å².